The van der Waals surface area contributed by atoms with E-state index in [1.165, 1.54) is 16.7 Å². The number of aliphatic hydroxyl groups excluding tert-OH is 1. The van der Waals surface area contributed by atoms with Gasteiger partial charge < -0.3 is 39.5 Å². The first kappa shape index (κ1) is 48.6. The number of aliphatic carboxylic acids is 1. The van der Waals surface area contributed by atoms with Gasteiger partial charge in [-0.05, 0) is 190 Å². The molecule has 0 bridgehead atoms. The summed E-state index contributed by atoms with van der Waals surface area (Å²) in [5, 5.41) is 33.4. The summed E-state index contributed by atoms with van der Waals surface area (Å²) in [7, 11) is -2.63. The number of nitrogens with zero attached hydrogens (tertiary/aromatic N) is 1. The second-order valence-electron chi connectivity index (χ2n) is 23.5. The molecule has 6 saturated carbocycles. The van der Waals surface area contributed by atoms with Crippen molar-refractivity contribution in [2.75, 3.05) is 31.9 Å². The highest BCUT2D eigenvalue weighted by Crippen LogP contribution is 2.70. The van der Waals surface area contributed by atoms with Crippen LogP contribution < -0.4 is 4.90 Å². The minimum atomic E-state index is -4.74. The molecule has 0 spiro atoms. The van der Waals surface area contributed by atoms with E-state index in [0.717, 1.165) is 89.3 Å². The van der Waals surface area contributed by atoms with E-state index >= 15 is 0 Å². The summed E-state index contributed by atoms with van der Waals surface area (Å²) in [5.74, 6) is 1.48. The smallest absolute Gasteiger partial charge is 0.471 e. The van der Waals surface area contributed by atoms with Gasteiger partial charge in [0.1, 0.15) is 0 Å². The van der Waals surface area contributed by atoms with Crippen LogP contribution in [0.1, 0.15) is 149 Å². The molecule has 5 N–H and O–H groups in total. The van der Waals surface area contributed by atoms with Crippen molar-refractivity contribution in [1.82, 2.24) is 0 Å². The fourth-order valence-electron chi connectivity index (χ4n) is 16.8. The van der Waals surface area contributed by atoms with Crippen molar-refractivity contribution >= 4 is 25.3 Å². The Balaban J connectivity index is 0.863. The van der Waals surface area contributed by atoms with E-state index in [9.17, 15) is 39.3 Å². The Bertz CT molecular complexity index is 2120. The minimum absolute atomic E-state index is 0.0587. The summed E-state index contributed by atoms with van der Waals surface area (Å²) in [4.78, 5) is 45.3. The molecule has 0 aromatic heterocycles. The number of likely N-dealkylation sites (N-methyl/N-ethyl adjacent to an activating group) is 1. The van der Waals surface area contributed by atoms with Gasteiger partial charge in [-0.25, -0.2) is 4.57 Å². The van der Waals surface area contributed by atoms with Gasteiger partial charge in [-0.1, -0.05) is 45.4 Å². The summed E-state index contributed by atoms with van der Waals surface area (Å²) in [6.45, 7) is 11.9. The lowest BCUT2D eigenvalue weighted by atomic mass is 9.43. The standard InChI is InChI=1S/C53H78NO11P/c1-31(7-18-47(57)58)41-16-17-43-49-44(28-46(56)53(41,43)5)50(2)21-19-37(26-34(50)27-45(49)64-30-65-66(60,61)62)63-24-23-54(6)35-11-8-32(9-12-35)40-29-51(3)42(20-22-52(51,4)59)39-14-10-33-25-36(55)13-15-38(33)48(39)40/h8-9,11-12,25,31,34,37,39-46,49,56,59H,7,10,13-24,26-30H2,1-6H3,(H,57,58)(H2,60,61,62)/t31-,34+,37+,39?,40-,41-,42?,43+,44+,45-,46+,49+,50+,51+,52+,53-/m1/s1. The molecule has 0 saturated heterocycles. The van der Waals surface area contributed by atoms with Gasteiger partial charge in [-0.2, -0.15) is 0 Å². The molecule has 13 heteroatoms. The maximum Gasteiger partial charge on any atom is 0.471 e. The van der Waals surface area contributed by atoms with E-state index in [1.54, 1.807) is 5.57 Å². The number of rotatable bonds is 14. The van der Waals surface area contributed by atoms with Gasteiger partial charge in [0, 0.05) is 43.5 Å². The van der Waals surface area contributed by atoms with Crippen LogP contribution in [0.2, 0.25) is 0 Å². The van der Waals surface area contributed by atoms with Crippen LogP contribution in [0.4, 0.5) is 5.69 Å². The number of aliphatic hydroxyl groups is 2. The molecule has 9 rings (SSSR count). The van der Waals surface area contributed by atoms with Crippen molar-refractivity contribution in [3.8, 4) is 0 Å². The Morgan fingerprint density at radius 3 is 2.41 bits per heavy atom. The second-order valence-corrected chi connectivity index (χ2v) is 24.7. The number of benzene rings is 1. The van der Waals surface area contributed by atoms with Crippen LogP contribution in [0.3, 0.4) is 0 Å². The first-order valence-electron chi connectivity index (χ1n) is 25.5. The molecular formula is C53H78NO11P. The number of phosphoric ester groups is 1. The van der Waals surface area contributed by atoms with Gasteiger partial charge in [-0.15, -0.1) is 0 Å². The largest absolute Gasteiger partial charge is 0.481 e. The molecule has 66 heavy (non-hydrogen) atoms. The average molecular weight is 936 g/mol. The fourth-order valence-corrected chi connectivity index (χ4v) is 17.0. The number of ketones is 1. The zero-order valence-electron chi connectivity index (χ0n) is 40.3. The Morgan fingerprint density at radius 2 is 1.68 bits per heavy atom. The van der Waals surface area contributed by atoms with Gasteiger partial charge >= 0.3 is 13.8 Å². The van der Waals surface area contributed by atoms with E-state index in [4.69, 9.17) is 14.0 Å². The summed E-state index contributed by atoms with van der Waals surface area (Å²) in [5.41, 5.74) is 5.30. The third-order valence-electron chi connectivity index (χ3n) is 20.6. The zero-order valence-corrected chi connectivity index (χ0v) is 41.2. The summed E-state index contributed by atoms with van der Waals surface area (Å²) in [6, 6.07) is 9.04. The Hall–Kier alpha value is -2.41. The topological polar surface area (TPSA) is 183 Å². The molecule has 1 aromatic carbocycles. The molecule has 366 valence electrons. The number of phosphoric acid groups is 1. The quantitative estimate of drug-likeness (QED) is 0.0882. The molecule has 0 aliphatic heterocycles. The van der Waals surface area contributed by atoms with Crippen molar-refractivity contribution in [3.63, 3.8) is 0 Å². The molecule has 1 aromatic rings. The van der Waals surface area contributed by atoms with Crippen molar-refractivity contribution in [2.24, 2.45) is 63.6 Å². The molecule has 2 unspecified atom stereocenters. The van der Waals surface area contributed by atoms with Gasteiger partial charge in [0.15, 0.2) is 12.6 Å². The van der Waals surface area contributed by atoms with Crippen LogP contribution >= 0.6 is 7.82 Å². The van der Waals surface area contributed by atoms with Gasteiger partial charge in [0.2, 0.25) is 0 Å². The lowest BCUT2D eigenvalue weighted by molar-refractivity contribution is -0.227. The maximum atomic E-state index is 12.5. The number of carbonyl (C=O) groups excluding carboxylic acids is 1. The van der Waals surface area contributed by atoms with Crippen LogP contribution in [0.25, 0.3) is 0 Å². The van der Waals surface area contributed by atoms with E-state index in [-0.39, 0.29) is 76.7 Å². The predicted molar refractivity (Wildman–Crippen MR) is 251 cm³/mol. The molecule has 0 amide bonds. The van der Waals surface area contributed by atoms with Gasteiger partial charge in [0.25, 0.3) is 0 Å². The van der Waals surface area contributed by atoms with Crippen LogP contribution in [-0.2, 0) is 28.2 Å². The summed E-state index contributed by atoms with van der Waals surface area (Å²) >= 11 is 0. The number of carbonyl (C=O) groups is 2. The Labute approximate surface area is 392 Å². The molecule has 6 fully saturated rings. The van der Waals surface area contributed by atoms with Crippen LogP contribution in [0, 0.1) is 63.6 Å². The number of hydrogen-bond acceptors (Lipinski definition) is 9. The number of carboxylic acid groups (broad SMARTS) is 1. The third-order valence-corrected chi connectivity index (χ3v) is 21.0. The number of ether oxygens (including phenoxy) is 2. The number of fused-ring (bicyclic) bond motifs is 9. The lowest BCUT2D eigenvalue weighted by Crippen LogP contribution is -2.62. The fraction of sp³-hybridized carbons (Fsp3) is 0.774. The van der Waals surface area contributed by atoms with E-state index < -0.39 is 37.7 Å². The van der Waals surface area contributed by atoms with Gasteiger partial charge in [0.05, 0.1) is 30.5 Å². The third kappa shape index (κ3) is 8.55. The van der Waals surface area contributed by atoms with Crippen LogP contribution in [0.5, 0.6) is 0 Å². The van der Waals surface area contributed by atoms with E-state index in [0.29, 0.717) is 37.7 Å². The van der Waals surface area contributed by atoms with Crippen molar-refractivity contribution in [2.45, 2.75) is 167 Å². The second kappa shape index (κ2) is 18.1. The lowest BCUT2D eigenvalue weighted by Gasteiger charge is -2.64. The highest BCUT2D eigenvalue weighted by atomic mass is 31.2. The highest BCUT2D eigenvalue weighted by molar-refractivity contribution is 7.46. The predicted octanol–water partition coefficient (Wildman–Crippen LogP) is 9.35. The van der Waals surface area contributed by atoms with Crippen LogP contribution in [-0.4, -0.2) is 87.8 Å². The van der Waals surface area contributed by atoms with Crippen LogP contribution in [0.15, 0.2) is 47.1 Å². The number of anilines is 1. The molecule has 8 aliphatic rings. The molecule has 12 nitrogen and oxygen atoms in total. The minimum Gasteiger partial charge on any atom is -0.481 e. The highest BCUT2D eigenvalue weighted by Gasteiger charge is 2.66. The zero-order chi connectivity index (χ0) is 47.1. The molecule has 16 atom stereocenters. The van der Waals surface area contributed by atoms with Crippen molar-refractivity contribution in [1.29, 1.82) is 0 Å². The SMILES string of the molecule is C[C@H](CCC(=O)O)[C@H]1CC[C@H]2[C@@H]3[C@H](OCOP(=O)(O)O)C[C@@H]4C[C@@H](OCCN(C)c5ccc([C@H]6C[C@@]7(C)C(CC[C@]7(C)O)C7CCC8=CC(=O)CCC8=C76)cc5)CC[C@]4(C)[C@H]3C[C@H](O)[C@]12C. The molecule has 0 heterocycles. The molecule has 8 aliphatic carbocycles. The monoisotopic (exact) mass is 936 g/mol. The molecule has 0 radical (unpaired) electrons. The number of carboxylic acids is 1. The Morgan fingerprint density at radius 1 is 0.924 bits per heavy atom. The van der Waals surface area contributed by atoms with E-state index in [1.807, 2.05) is 6.08 Å². The normalized spacial score (nSPS) is 42.3. The number of allylic oxidation sites excluding steroid dienone is 4. The first-order chi connectivity index (χ1) is 31.1. The van der Waals surface area contributed by atoms with E-state index in [2.05, 4.69) is 70.8 Å². The molecular weight excluding hydrogens is 858 g/mol. The maximum absolute atomic E-state index is 12.5. The number of hydrogen-bond donors (Lipinski definition) is 5. The average Bonchev–Trinajstić information content (AvgIpc) is 3.74. The van der Waals surface area contributed by atoms with Gasteiger partial charge in [-0.3, -0.25) is 14.1 Å². The van der Waals surface area contributed by atoms with Crippen molar-refractivity contribution in [3.05, 3.63) is 52.6 Å². The first-order valence-corrected chi connectivity index (χ1v) is 27.0. The summed E-state index contributed by atoms with van der Waals surface area (Å²) in [6.07, 6.45) is 14.0. The summed E-state index contributed by atoms with van der Waals surface area (Å²) < 4.78 is 29.7. The Kier molecular flexibility index (Phi) is 13.3. The van der Waals surface area contributed by atoms with Crippen molar-refractivity contribution < 1.29 is 53.3 Å².